The van der Waals surface area contributed by atoms with Crippen LogP contribution >= 0.6 is 27.3 Å². The fraction of sp³-hybridized carbons (Fsp3) is 0.286. The first kappa shape index (κ1) is 23.4. The summed E-state index contributed by atoms with van der Waals surface area (Å²) in [6, 6.07) is 6.94. The van der Waals surface area contributed by atoms with Crippen LogP contribution in [0.2, 0.25) is 0 Å². The first-order chi connectivity index (χ1) is 14.4. The molecule has 0 radical (unpaired) electrons. The molecule has 9 heteroatoms. The van der Waals surface area contributed by atoms with Crippen LogP contribution in [0.4, 0.5) is 5.00 Å². The Hall–Kier alpha value is -2.83. The highest BCUT2D eigenvalue weighted by atomic mass is 79.9. The quantitative estimate of drug-likeness (QED) is 0.322. The van der Waals surface area contributed by atoms with E-state index in [0.29, 0.717) is 26.5 Å². The third-order valence-electron chi connectivity index (χ3n) is 4.08. The lowest BCUT2D eigenvalue weighted by Crippen LogP contribution is -2.15. The number of hydrogen-bond acceptors (Lipinski definition) is 7. The van der Waals surface area contributed by atoms with Crippen molar-refractivity contribution in [1.82, 2.24) is 0 Å². The smallest absolute Gasteiger partial charge is 0.340 e. The molecule has 0 aliphatic heterocycles. The van der Waals surface area contributed by atoms with E-state index in [2.05, 4.69) is 21.2 Å². The second-order valence-corrected chi connectivity index (χ2v) is 8.04. The van der Waals surface area contributed by atoms with Gasteiger partial charge in [0.05, 0.1) is 26.9 Å². The van der Waals surface area contributed by atoms with E-state index in [9.17, 15) is 14.9 Å². The molecule has 7 nitrogen and oxygen atoms in total. The van der Waals surface area contributed by atoms with Gasteiger partial charge in [0.25, 0.3) is 5.91 Å². The van der Waals surface area contributed by atoms with Crippen LogP contribution in [0.15, 0.2) is 28.2 Å². The predicted octanol–water partition coefficient (Wildman–Crippen LogP) is 4.81. The van der Waals surface area contributed by atoms with Crippen molar-refractivity contribution in [2.24, 2.45) is 0 Å². The second-order valence-electron chi connectivity index (χ2n) is 6.05. The lowest BCUT2D eigenvalue weighted by Gasteiger charge is -2.10. The summed E-state index contributed by atoms with van der Waals surface area (Å²) in [5.74, 6) is -0.211. The number of benzene rings is 1. The minimum atomic E-state index is -0.630. The van der Waals surface area contributed by atoms with Crippen molar-refractivity contribution in [2.45, 2.75) is 19.8 Å². The van der Waals surface area contributed by atoms with Gasteiger partial charge < -0.3 is 19.5 Å². The van der Waals surface area contributed by atoms with Crippen LogP contribution in [0.25, 0.3) is 6.08 Å². The summed E-state index contributed by atoms with van der Waals surface area (Å²) in [6.07, 6.45) is 3.09. The molecule has 2 rings (SSSR count). The zero-order chi connectivity index (χ0) is 22.3. The maximum Gasteiger partial charge on any atom is 0.340 e. The molecule has 0 saturated heterocycles. The van der Waals surface area contributed by atoms with E-state index in [1.807, 2.05) is 13.0 Å². The summed E-state index contributed by atoms with van der Waals surface area (Å²) in [4.78, 5) is 25.8. The van der Waals surface area contributed by atoms with E-state index in [1.54, 1.807) is 18.2 Å². The third-order valence-corrected chi connectivity index (χ3v) is 5.88. The van der Waals surface area contributed by atoms with Gasteiger partial charge >= 0.3 is 5.97 Å². The number of rotatable bonds is 8. The topological polar surface area (TPSA) is 97.7 Å². The predicted molar refractivity (Wildman–Crippen MR) is 119 cm³/mol. The molecule has 0 saturated carbocycles. The summed E-state index contributed by atoms with van der Waals surface area (Å²) < 4.78 is 15.9. The molecule has 1 amide bonds. The fourth-order valence-corrected chi connectivity index (χ4v) is 4.20. The number of anilines is 1. The van der Waals surface area contributed by atoms with Gasteiger partial charge in [0.1, 0.15) is 16.6 Å². The number of esters is 1. The lowest BCUT2D eigenvalue weighted by atomic mass is 10.1. The molecule has 1 aromatic carbocycles. The molecule has 0 fully saturated rings. The van der Waals surface area contributed by atoms with Crippen molar-refractivity contribution < 1.29 is 23.8 Å². The molecule has 1 heterocycles. The number of halogens is 1. The normalized spacial score (nSPS) is 10.9. The third kappa shape index (κ3) is 5.40. The van der Waals surface area contributed by atoms with Gasteiger partial charge in [-0.15, -0.1) is 11.3 Å². The van der Waals surface area contributed by atoms with E-state index >= 15 is 0 Å². The minimum absolute atomic E-state index is 0.135. The van der Waals surface area contributed by atoms with E-state index in [-0.39, 0.29) is 11.1 Å². The van der Waals surface area contributed by atoms with Crippen LogP contribution in [-0.4, -0.2) is 33.2 Å². The molecule has 0 bridgehead atoms. The highest BCUT2D eigenvalue weighted by Gasteiger charge is 2.20. The summed E-state index contributed by atoms with van der Waals surface area (Å²) in [5, 5.41) is 12.5. The Kier molecular flexibility index (Phi) is 8.45. The zero-order valence-electron chi connectivity index (χ0n) is 17.0. The number of amides is 1. The number of nitriles is 1. The van der Waals surface area contributed by atoms with Gasteiger partial charge in [0.15, 0.2) is 11.5 Å². The van der Waals surface area contributed by atoms with Gasteiger partial charge in [-0.2, -0.15) is 5.26 Å². The van der Waals surface area contributed by atoms with Crippen molar-refractivity contribution in [1.29, 1.82) is 5.26 Å². The monoisotopic (exact) mass is 492 g/mol. The maximum atomic E-state index is 12.7. The Labute approximate surface area is 187 Å². The molecular weight excluding hydrogens is 472 g/mol. The number of methoxy groups -OCH3 is 3. The van der Waals surface area contributed by atoms with E-state index in [4.69, 9.17) is 14.2 Å². The Balaban J connectivity index is 2.38. The van der Waals surface area contributed by atoms with E-state index in [1.165, 1.54) is 38.7 Å². The zero-order valence-corrected chi connectivity index (χ0v) is 19.4. The Bertz CT molecular complexity index is 1020. The maximum absolute atomic E-state index is 12.7. The molecule has 1 N–H and O–H groups in total. The standard InChI is InChI=1S/C21H21BrN2O5S/c1-5-6-14-9-15(21(26)29-4)20(30-14)24-19(25)13(11-23)7-12-8-17(27-2)18(28-3)10-16(12)22/h7-10H,5-6H2,1-4H3,(H,24,25). The van der Waals surface area contributed by atoms with E-state index in [0.717, 1.165) is 17.7 Å². The Morgan fingerprint density at radius 3 is 2.43 bits per heavy atom. The highest BCUT2D eigenvalue weighted by molar-refractivity contribution is 9.10. The minimum Gasteiger partial charge on any atom is -0.493 e. The van der Waals surface area contributed by atoms with Crippen LogP contribution in [0.1, 0.15) is 34.1 Å². The molecule has 2 aromatic rings. The second kappa shape index (κ2) is 10.8. The number of ether oxygens (including phenoxy) is 3. The van der Waals surface area contributed by atoms with Gasteiger partial charge in [-0.3, -0.25) is 4.79 Å². The van der Waals surface area contributed by atoms with Crippen molar-refractivity contribution in [2.75, 3.05) is 26.6 Å². The van der Waals surface area contributed by atoms with E-state index < -0.39 is 11.9 Å². The van der Waals surface area contributed by atoms with Crippen molar-refractivity contribution >= 4 is 50.2 Å². The molecule has 0 spiro atoms. The average Bonchev–Trinajstić information content (AvgIpc) is 3.14. The number of carbonyl (C=O) groups excluding carboxylic acids is 2. The summed E-state index contributed by atoms with van der Waals surface area (Å²) in [5.41, 5.74) is 0.693. The highest BCUT2D eigenvalue weighted by Crippen LogP contribution is 2.35. The fourth-order valence-electron chi connectivity index (χ4n) is 2.62. The number of hydrogen-bond donors (Lipinski definition) is 1. The number of thiophene rings is 1. The summed E-state index contributed by atoms with van der Waals surface area (Å²) >= 11 is 4.69. The van der Waals surface area contributed by atoms with Crippen LogP contribution < -0.4 is 14.8 Å². The van der Waals surface area contributed by atoms with Crippen molar-refractivity contribution in [3.05, 3.63) is 44.2 Å². The number of nitrogens with one attached hydrogen (secondary N) is 1. The molecule has 0 aliphatic rings. The summed E-state index contributed by atoms with van der Waals surface area (Å²) in [7, 11) is 4.29. The molecule has 1 aromatic heterocycles. The number of carbonyl (C=O) groups is 2. The molecule has 30 heavy (non-hydrogen) atoms. The SMILES string of the molecule is CCCc1cc(C(=O)OC)c(NC(=O)C(C#N)=Cc2cc(OC)c(OC)cc2Br)s1. The van der Waals surface area contributed by atoms with Crippen LogP contribution in [0, 0.1) is 11.3 Å². The van der Waals surface area contributed by atoms with Gasteiger partial charge in [-0.25, -0.2) is 4.79 Å². The molecular formula is C21H21BrN2O5S. The molecule has 0 aliphatic carbocycles. The number of aryl methyl sites for hydroxylation is 1. The first-order valence-corrected chi connectivity index (χ1v) is 10.5. The van der Waals surface area contributed by atoms with Gasteiger partial charge in [0, 0.05) is 9.35 Å². The Morgan fingerprint density at radius 2 is 1.87 bits per heavy atom. The lowest BCUT2D eigenvalue weighted by molar-refractivity contribution is -0.112. The van der Waals surface area contributed by atoms with Crippen molar-refractivity contribution in [3.63, 3.8) is 0 Å². The van der Waals surface area contributed by atoms with Gasteiger partial charge in [-0.05, 0) is 36.3 Å². The van der Waals surface area contributed by atoms with Gasteiger partial charge in [0.2, 0.25) is 0 Å². The number of nitrogens with zero attached hydrogens (tertiary/aromatic N) is 1. The molecule has 0 unspecified atom stereocenters. The summed E-state index contributed by atoms with van der Waals surface area (Å²) in [6.45, 7) is 2.02. The Morgan fingerprint density at radius 1 is 1.20 bits per heavy atom. The van der Waals surface area contributed by atoms with Crippen molar-refractivity contribution in [3.8, 4) is 17.6 Å². The van der Waals surface area contributed by atoms with Crippen LogP contribution in [0.5, 0.6) is 11.5 Å². The van der Waals surface area contributed by atoms with Crippen LogP contribution in [0.3, 0.4) is 0 Å². The average molecular weight is 493 g/mol. The molecule has 158 valence electrons. The largest absolute Gasteiger partial charge is 0.493 e. The molecule has 0 atom stereocenters. The van der Waals surface area contributed by atoms with Gasteiger partial charge in [-0.1, -0.05) is 29.3 Å². The first-order valence-electron chi connectivity index (χ1n) is 8.94. The van der Waals surface area contributed by atoms with Crippen LogP contribution in [-0.2, 0) is 16.0 Å².